The molecule has 1 aliphatic heterocycles. The third-order valence-corrected chi connectivity index (χ3v) is 5.61. The standard InChI is InChI=1S/C22H26F4N4O4/c1-20(2,3)30(19(32)33)21(13-31)7-9-29(10-8-21)18-27-16(22(24,25)26)12-17(28-18)34-15-6-4-5-14(23)11-15/h4-6,11-12,31H,7-10,13H2,1-3H3,(H,32,33). The number of carboxylic acid groups (broad SMARTS) is 1. The van der Waals surface area contributed by atoms with E-state index in [0.717, 1.165) is 6.07 Å². The molecule has 8 nitrogen and oxygen atoms in total. The van der Waals surface area contributed by atoms with Crippen LogP contribution in [0.25, 0.3) is 0 Å². The predicted octanol–water partition coefficient (Wildman–Crippen LogP) is 4.54. The molecule has 2 N–H and O–H groups in total. The van der Waals surface area contributed by atoms with Gasteiger partial charge >= 0.3 is 12.3 Å². The van der Waals surface area contributed by atoms with Crippen LogP contribution in [0.4, 0.5) is 28.3 Å². The molecule has 2 aromatic rings. The Bertz CT molecular complexity index is 1030. The van der Waals surface area contributed by atoms with E-state index in [1.807, 2.05) is 0 Å². The van der Waals surface area contributed by atoms with Gasteiger partial charge < -0.3 is 19.8 Å². The summed E-state index contributed by atoms with van der Waals surface area (Å²) in [5, 5.41) is 19.9. The first-order chi connectivity index (χ1) is 15.7. The molecule has 0 saturated carbocycles. The third-order valence-electron chi connectivity index (χ3n) is 5.61. The smallest absolute Gasteiger partial charge is 0.433 e. The quantitative estimate of drug-likeness (QED) is 0.599. The lowest BCUT2D eigenvalue weighted by Gasteiger charge is -2.51. The van der Waals surface area contributed by atoms with Crippen molar-refractivity contribution in [2.45, 2.75) is 50.9 Å². The van der Waals surface area contributed by atoms with Crippen LogP contribution in [-0.4, -0.2) is 61.9 Å². The number of carbonyl (C=O) groups is 1. The second-order valence-corrected chi connectivity index (χ2v) is 9.11. The van der Waals surface area contributed by atoms with E-state index in [2.05, 4.69) is 9.97 Å². The maximum atomic E-state index is 13.5. The van der Waals surface area contributed by atoms with Gasteiger partial charge in [-0.05, 0) is 45.7 Å². The number of ether oxygens (including phenoxy) is 1. The Morgan fingerprint density at radius 3 is 2.32 bits per heavy atom. The van der Waals surface area contributed by atoms with Crippen molar-refractivity contribution in [1.82, 2.24) is 14.9 Å². The van der Waals surface area contributed by atoms with Crippen molar-refractivity contribution in [2.24, 2.45) is 0 Å². The lowest BCUT2D eigenvalue weighted by atomic mass is 9.83. The van der Waals surface area contributed by atoms with Gasteiger partial charge in [0, 0.05) is 30.8 Å². The van der Waals surface area contributed by atoms with E-state index < -0.39 is 47.3 Å². The van der Waals surface area contributed by atoms with Gasteiger partial charge in [0.25, 0.3) is 0 Å². The van der Waals surface area contributed by atoms with Gasteiger partial charge in [-0.3, -0.25) is 4.90 Å². The Labute approximate surface area is 193 Å². The minimum atomic E-state index is -4.78. The van der Waals surface area contributed by atoms with Gasteiger partial charge in [0.2, 0.25) is 11.8 Å². The molecule has 0 aliphatic carbocycles. The van der Waals surface area contributed by atoms with Crippen LogP contribution in [0.1, 0.15) is 39.3 Å². The van der Waals surface area contributed by atoms with Crippen molar-refractivity contribution in [3.63, 3.8) is 0 Å². The number of aromatic nitrogens is 2. The predicted molar refractivity (Wildman–Crippen MR) is 114 cm³/mol. The van der Waals surface area contributed by atoms with Gasteiger partial charge in [0.15, 0.2) is 5.69 Å². The second kappa shape index (κ2) is 9.24. The molecule has 12 heteroatoms. The van der Waals surface area contributed by atoms with Crippen molar-refractivity contribution in [3.05, 3.63) is 41.8 Å². The van der Waals surface area contributed by atoms with E-state index in [4.69, 9.17) is 4.74 Å². The van der Waals surface area contributed by atoms with Crippen LogP contribution in [0.3, 0.4) is 0 Å². The van der Waals surface area contributed by atoms with Crippen LogP contribution in [0.5, 0.6) is 11.6 Å². The molecule has 1 fully saturated rings. The molecule has 1 aromatic carbocycles. The number of amides is 1. The Morgan fingerprint density at radius 2 is 1.82 bits per heavy atom. The zero-order valence-electron chi connectivity index (χ0n) is 18.9. The molecule has 0 unspecified atom stereocenters. The molecule has 186 valence electrons. The van der Waals surface area contributed by atoms with Gasteiger partial charge in [-0.1, -0.05) is 6.07 Å². The zero-order chi connectivity index (χ0) is 25.3. The molecule has 34 heavy (non-hydrogen) atoms. The summed E-state index contributed by atoms with van der Waals surface area (Å²) in [7, 11) is 0. The number of hydrogen-bond acceptors (Lipinski definition) is 6. The topological polar surface area (TPSA) is 99.0 Å². The highest BCUT2D eigenvalue weighted by atomic mass is 19.4. The SMILES string of the molecule is CC(C)(C)N(C(=O)O)C1(CO)CCN(c2nc(Oc3cccc(F)c3)cc(C(F)(F)F)n2)CC1. The largest absolute Gasteiger partial charge is 0.465 e. The molecular formula is C22H26F4N4O4. The van der Waals surface area contributed by atoms with Crippen molar-refractivity contribution < 1.29 is 37.3 Å². The number of halogens is 4. The van der Waals surface area contributed by atoms with Gasteiger partial charge in [0.1, 0.15) is 11.6 Å². The Hall–Kier alpha value is -3.15. The van der Waals surface area contributed by atoms with E-state index >= 15 is 0 Å². The zero-order valence-corrected chi connectivity index (χ0v) is 18.9. The summed E-state index contributed by atoms with van der Waals surface area (Å²) in [5.41, 5.74) is -3.15. The second-order valence-electron chi connectivity index (χ2n) is 9.11. The maximum absolute atomic E-state index is 13.5. The molecule has 3 rings (SSSR count). The molecule has 0 atom stereocenters. The molecule has 1 aliphatic rings. The Kier molecular flexibility index (Phi) is 6.92. The monoisotopic (exact) mass is 486 g/mol. The van der Waals surface area contributed by atoms with Crippen molar-refractivity contribution in [2.75, 3.05) is 24.6 Å². The third kappa shape index (κ3) is 5.49. The summed E-state index contributed by atoms with van der Waals surface area (Å²) < 4.78 is 59.3. The molecular weight excluding hydrogens is 460 g/mol. The van der Waals surface area contributed by atoms with E-state index in [1.165, 1.54) is 28.0 Å². The molecule has 1 aromatic heterocycles. The molecule has 2 heterocycles. The van der Waals surface area contributed by atoms with Crippen molar-refractivity contribution in [3.8, 4) is 11.6 Å². The minimum Gasteiger partial charge on any atom is -0.465 e. The van der Waals surface area contributed by atoms with Gasteiger partial charge in [-0.15, -0.1) is 0 Å². The summed E-state index contributed by atoms with van der Waals surface area (Å²) in [4.78, 5) is 22.3. The van der Waals surface area contributed by atoms with Crippen molar-refractivity contribution in [1.29, 1.82) is 0 Å². The summed E-state index contributed by atoms with van der Waals surface area (Å²) in [5.74, 6) is -1.33. The Morgan fingerprint density at radius 1 is 1.18 bits per heavy atom. The molecule has 0 spiro atoms. The normalized spacial score (nSPS) is 16.3. The highest BCUT2D eigenvalue weighted by molar-refractivity contribution is 5.67. The fourth-order valence-corrected chi connectivity index (χ4v) is 4.18. The summed E-state index contributed by atoms with van der Waals surface area (Å²) in [6, 6.07) is 5.53. The number of rotatable bonds is 5. The van der Waals surface area contributed by atoms with Gasteiger partial charge in [0.05, 0.1) is 12.1 Å². The van der Waals surface area contributed by atoms with Crippen LogP contribution in [-0.2, 0) is 6.18 Å². The number of aliphatic hydroxyl groups excluding tert-OH is 1. The van der Waals surface area contributed by atoms with E-state index in [9.17, 15) is 32.6 Å². The van der Waals surface area contributed by atoms with E-state index in [-0.39, 0.29) is 37.6 Å². The first-order valence-electron chi connectivity index (χ1n) is 10.5. The number of benzene rings is 1. The number of nitrogens with zero attached hydrogens (tertiary/aromatic N) is 4. The molecule has 1 amide bonds. The first-order valence-corrected chi connectivity index (χ1v) is 10.5. The van der Waals surface area contributed by atoms with Gasteiger partial charge in [-0.25, -0.2) is 14.2 Å². The average Bonchev–Trinajstić information content (AvgIpc) is 2.72. The fourth-order valence-electron chi connectivity index (χ4n) is 4.18. The minimum absolute atomic E-state index is 0.0296. The summed E-state index contributed by atoms with van der Waals surface area (Å²) >= 11 is 0. The van der Waals surface area contributed by atoms with Crippen LogP contribution in [0, 0.1) is 5.82 Å². The van der Waals surface area contributed by atoms with Gasteiger partial charge in [-0.2, -0.15) is 18.2 Å². The molecule has 1 saturated heterocycles. The summed E-state index contributed by atoms with van der Waals surface area (Å²) in [6.07, 6.45) is -5.69. The number of aliphatic hydroxyl groups is 1. The molecule has 0 bridgehead atoms. The number of anilines is 1. The number of piperidine rings is 1. The number of hydrogen-bond donors (Lipinski definition) is 2. The van der Waals surface area contributed by atoms with E-state index in [0.29, 0.717) is 6.07 Å². The van der Waals surface area contributed by atoms with Crippen molar-refractivity contribution >= 4 is 12.0 Å². The highest BCUT2D eigenvalue weighted by Gasteiger charge is 2.47. The number of alkyl halides is 3. The fraction of sp³-hybridized carbons (Fsp3) is 0.500. The maximum Gasteiger partial charge on any atom is 0.433 e. The first kappa shape index (κ1) is 25.5. The van der Waals surface area contributed by atoms with Crippen LogP contribution in [0.15, 0.2) is 30.3 Å². The van der Waals surface area contributed by atoms with Crippen LogP contribution >= 0.6 is 0 Å². The lowest BCUT2D eigenvalue weighted by molar-refractivity contribution is -0.141. The summed E-state index contributed by atoms with van der Waals surface area (Å²) in [6.45, 7) is 4.87. The highest BCUT2D eigenvalue weighted by Crippen LogP contribution is 2.37. The molecule has 0 radical (unpaired) electrons. The van der Waals surface area contributed by atoms with E-state index in [1.54, 1.807) is 20.8 Å². The Balaban J connectivity index is 1.90. The van der Waals surface area contributed by atoms with Crippen LogP contribution in [0.2, 0.25) is 0 Å². The lowest BCUT2D eigenvalue weighted by Crippen LogP contribution is -2.65. The average molecular weight is 486 g/mol. The van der Waals surface area contributed by atoms with Crippen LogP contribution < -0.4 is 9.64 Å².